The highest BCUT2D eigenvalue weighted by Crippen LogP contribution is 2.41. The highest BCUT2D eigenvalue weighted by atomic mass is 19.1. The second kappa shape index (κ2) is 9.72. The number of aromatic nitrogens is 2. The Balaban J connectivity index is 1.54. The number of rotatable bonds is 8. The first-order valence-electron chi connectivity index (χ1n) is 12.4. The highest BCUT2D eigenvalue weighted by Gasteiger charge is 2.43. The van der Waals surface area contributed by atoms with Gasteiger partial charge in [0.05, 0.1) is 28.7 Å². The molecule has 5 rings (SSSR count). The summed E-state index contributed by atoms with van der Waals surface area (Å²) in [6.07, 6.45) is 6.54. The number of nitrogens with zero attached hydrogens (tertiary/aromatic N) is 2. The fourth-order valence-corrected chi connectivity index (χ4v) is 5.05. The molecule has 2 amide bonds. The molecule has 3 aromatic rings. The molecule has 1 aromatic carbocycles. The predicted molar refractivity (Wildman–Crippen MR) is 140 cm³/mol. The van der Waals surface area contributed by atoms with Crippen molar-refractivity contribution in [3.05, 3.63) is 72.0 Å². The summed E-state index contributed by atoms with van der Waals surface area (Å²) < 4.78 is 20.8. The van der Waals surface area contributed by atoms with Gasteiger partial charge in [-0.1, -0.05) is 19.6 Å². The van der Waals surface area contributed by atoms with Crippen molar-refractivity contribution >= 4 is 23.2 Å². The third-order valence-corrected chi connectivity index (χ3v) is 7.26. The van der Waals surface area contributed by atoms with Crippen molar-refractivity contribution in [3.8, 4) is 17.0 Å². The van der Waals surface area contributed by atoms with E-state index >= 15 is 0 Å². The van der Waals surface area contributed by atoms with Crippen molar-refractivity contribution in [2.45, 2.75) is 38.6 Å². The summed E-state index contributed by atoms with van der Waals surface area (Å²) in [7, 11) is 0. The van der Waals surface area contributed by atoms with Crippen LogP contribution < -0.4 is 15.4 Å². The Labute approximate surface area is 214 Å². The Morgan fingerprint density at radius 3 is 2.95 bits per heavy atom. The van der Waals surface area contributed by atoms with E-state index in [-0.39, 0.29) is 24.2 Å². The summed E-state index contributed by atoms with van der Waals surface area (Å²) in [5.74, 6) is -0.111. The second-order valence-corrected chi connectivity index (χ2v) is 9.58. The molecule has 0 saturated carbocycles. The molecule has 0 radical (unpaired) electrons. The molecule has 1 saturated heterocycles. The Morgan fingerprint density at radius 1 is 1.38 bits per heavy atom. The van der Waals surface area contributed by atoms with E-state index in [1.807, 2.05) is 19.9 Å². The number of fused-ring (bicyclic) bond motifs is 1. The number of hydrogen-bond acceptors (Lipinski definition) is 5. The number of amides is 2. The maximum absolute atomic E-state index is 14.6. The van der Waals surface area contributed by atoms with E-state index in [2.05, 4.69) is 27.2 Å². The van der Waals surface area contributed by atoms with Crippen LogP contribution in [0.4, 0.5) is 15.8 Å². The second-order valence-electron chi connectivity index (χ2n) is 9.58. The lowest BCUT2D eigenvalue weighted by atomic mass is 9.87. The summed E-state index contributed by atoms with van der Waals surface area (Å²) in [6.45, 7) is 8.92. The summed E-state index contributed by atoms with van der Waals surface area (Å²) in [4.78, 5) is 34.6. The van der Waals surface area contributed by atoms with Gasteiger partial charge in [0, 0.05) is 48.2 Å². The van der Waals surface area contributed by atoms with E-state index in [4.69, 9.17) is 4.74 Å². The van der Waals surface area contributed by atoms with Gasteiger partial charge in [0.2, 0.25) is 5.91 Å². The topological polar surface area (TPSA) is 99.3 Å². The maximum atomic E-state index is 14.6. The Kier molecular flexibility index (Phi) is 6.45. The molecule has 0 unspecified atom stereocenters. The Bertz CT molecular complexity index is 1380. The number of hydrogen-bond donors (Lipinski definition) is 3. The largest absolute Gasteiger partial charge is 0.489 e. The SMILES string of the molecule is C=CC(=O)N1CC[C@@]1(C)COc1cnccc1-c1[nH]c2c(c1Nc1cccc(F)c1CC)C(=O)NCC2. The predicted octanol–water partition coefficient (Wildman–Crippen LogP) is 4.36. The lowest BCUT2D eigenvalue weighted by Crippen LogP contribution is -2.62. The van der Waals surface area contributed by atoms with Gasteiger partial charge in [-0.2, -0.15) is 0 Å². The zero-order valence-electron chi connectivity index (χ0n) is 21.0. The number of aromatic amines is 1. The zero-order chi connectivity index (χ0) is 26.2. The molecule has 192 valence electrons. The fraction of sp³-hybridized carbons (Fsp3) is 0.321. The van der Waals surface area contributed by atoms with Gasteiger partial charge in [-0.25, -0.2) is 4.39 Å². The lowest BCUT2D eigenvalue weighted by Gasteiger charge is -2.49. The third-order valence-electron chi connectivity index (χ3n) is 7.26. The van der Waals surface area contributed by atoms with Gasteiger partial charge in [0.25, 0.3) is 5.91 Å². The number of ether oxygens (including phenoxy) is 1. The van der Waals surface area contributed by atoms with Gasteiger partial charge in [0.15, 0.2) is 0 Å². The number of pyridine rings is 1. The molecule has 1 atom stereocenters. The molecule has 2 aliphatic heterocycles. The molecule has 9 heteroatoms. The number of halogens is 1. The first-order chi connectivity index (χ1) is 17.9. The van der Waals surface area contributed by atoms with Crippen molar-refractivity contribution in [2.75, 3.05) is 25.0 Å². The van der Waals surface area contributed by atoms with Crippen LogP contribution in [0.5, 0.6) is 5.75 Å². The van der Waals surface area contributed by atoms with E-state index < -0.39 is 5.54 Å². The van der Waals surface area contributed by atoms with Gasteiger partial charge in [-0.3, -0.25) is 14.6 Å². The standard InChI is InChI=1S/C28H30FN5O3/c1-4-17-19(29)7-6-8-20(17)32-26-24-21(10-13-31-27(24)36)33-25(26)18-9-12-30-15-22(18)37-16-28(3)11-14-34(28)23(35)5-2/h5-9,12,15,32-33H,2,4,10-11,13-14,16H2,1,3H3,(H,31,36)/t28-/m0/s1. The monoisotopic (exact) mass is 503 g/mol. The minimum atomic E-state index is -0.452. The van der Waals surface area contributed by atoms with E-state index in [9.17, 15) is 14.0 Å². The normalized spacial score (nSPS) is 18.5. The van der Waals surface area contributed by atoms with Crippen molar-refractivity contribution in [1.82, 2.24) is 20.2 Å². The first kappa shape index (κ1) is 24.5. The van der Waals surface area contributed by atoms with Gasteiger partial charge < -0.3 is 25.3 Å². The number of anilines is 2. The smallest absolute Gasteiger partial charge is 0.255 e. The number of benzene rings is 1. The van der Waals surface area contributed by atoms with Crippen molar-refractivity contribution in [1.29, 1.82) is 0 Å². The van der Waals surface area contributed by atoms with Crippen molar-refractivity contribution < 1.29 is 18.7 Å². The molecule has 0 aliphatic carbocycles. The van der Waals surface area contributed by atoms with Crippen LogP contribution in [0.1, 0.15) is 41.9 Å². The lowest BCUT2D eigenvalue weighted by molar-refractivity contribution is -0.142. The summed E-state index contributed by atoms with van der Waals surface area (Å²) in [6, 6.07) is 6.70. The van der Waals surface area contributed by atoms with Crippen LogP contribution in [0.3, 0.4) is 0 Å². The van der Waals surface area contributed by atoms with Crippen molar-refractivity contribution in [2.24, 2.45) is 0 Å². The number of likely N-dealkylation sites (tertiary alicyclic amines) is 1. The van der Waals surface area contributed by atoms with E-state index in [0.29, 0.717) is 65.4 Å². The van der Waals surface area contributed by atoms with Gasteiger partial charge in [-0.05, 0) is 44.0 Å². The Morgan fingerprint density at radius 2 is 2.22 bits per heavy atom. The van der Waals surface area contributed by atoms with Crippen LogP contribution in [-0.2, 0) is 17.6 Å². The van der Waals surface area contributed by atoms with Crippen molar-refractivity contribution in [3.63, 3.8) is 0 Å². The van der Waals surface area contributed by atoms with Crippen LogP contribution >= 0.6 is 0 Å². The van der Waals surface area contributed by atoms with Gasteiger partial charge in [-0.15, -0.1) is 0 Å². The molecule has 0 spiro atoms. The molecule has 8 nitrogen and oxygen atoms in total. The molecule has 2 aliphatic rings. The van der Waals surface area contributed by atoms with E-state index in [1.54, 1.807) is 29.4 Å². The summed E-state index contributed by atoms with van der Waals surface area (Å²) in [5.41, 5.74) is 3.91. The molecule has 1 fully saturated rings. The van der Waals surface area contributed by atoms with Gasteiger partial charge >= 0.3 is 0 Å². The highest BCUT2D eigenvalue weighted by molar-refractivity contribution is 6.06. The van der Waals surface area contributed by atoms with Crippen LogP contribution in [0.2, 0.25) is 0 Å². The molecular weight excluding hydrogens is 473 g/mol. The molecule has 2 aromatic heterocycles. The third kappa shape index (κ3) is 4.34. The summed E-state index contributed by atoms with van der Waals surface area (Å²) in [5, 5.41) is 6.25. The minimum absolute atomic E-state index is 0.125. The number of carbonyl (C=O) groups is 2. The average molecular weight is 504 g/mol. The molecule has 4 heterocycles. The van der Waals surface area contributed by atoms with Crippen LogP contribution in [-0.4, -0.2) is 51.9 Å². The molecule has 0 bridgehead atoms. The average Bonchev–Trinajstić information content (AvgIpc) is 3.26. The molecule has 37 heavy (non-hydrogen) atoms. The summed E-state index contributed by atoms with van der Waals surface area (Å²) >= 11 is 0. The fourth-order valence-electron chi connectivity index (χ4n) is 5.05. The van der Waals surface area contributed by atoms with Crippen LogP contribution in [0, 0.1) is 5.82 Å². The van der Waals surface area contributed by atoms with E-state index in [0.717, 1.165) is 12.1 Å². The molecular formula is C28H30FN5O3. The van der Waals surface area contributed by atoms with Gasteiger partial charge in [0.1, 0.15) is 18.2 Å². The zero-order valence-corrected chi connectivity index (χ0v) is 21.0. The minimum Gasteiger partial charge on any atom is -0.489 e. The van der Waals surface area contributed by atoms with Crippen LogP contribution in [0.25, 0.3) is 11.3 Å². The first-order valence-corrected chi connectivity index (χ1v) is 12.4. The quantitative estimate of drug-likeness (QED) is 0.397. The van der Waals surface area contributed by atoms with E-state index in [1.165, 1.54) is 12.1 Å². The number of nitrogens with one attached hydrogen (secondary N) is 3. The number of carbonyl (C=O) groups excluding carboxylic acids is 2. The number of H-pyrrole nitrogens is 1. The molecule has 3 N–H and O–H groups in total. The Hall–Kier alpha value is -4.14. The maximum Gasteiger partial charge on any atom is 0.255 e. The van der Waals surface area contributed by atoms with Crippen LogP contribution in [0.15, 0.2) is 49.3 Å².